The molecule has 0 aromatic heterocycles. The van der Waals surface area contributed by atoms with Gasteiger partial charge in [0.1, 0.15) is 0 Å². The van der Waals surface area contributed by atoms with E-state index < -0.39 is 0 Å². The highest BCUT2D eigenvalue weighted by Crippen LogP contribution is 2.17. The van der Waals surface area contributed by atoms with Crippen LogP contribution in [0.1, 0.15) is 38.7 Å². The molecule has 3 heteroatoms. The molecule has 2 unspecified atom stereocenters. The first-order valence-corrected chi connectivity index (χ1v) is 7.32. The molecular formula is C16H24N2O. The summed E-state index contributed by atoms with van der Waals surface area (Å²) in [5.74, 6) is 0.245. The van der Waals surface area contributed by atoms with Gasteiger partial charge in [0.05, 0.1) is 5.92 Å². The number of nitrogens with one attached hydrogen (secondary N) is 2. The average Bonchev–Trinajstić information content (AvgIpc) is 2.42. The van der Waals surface area contributed by atoms with E-state index in [0.29, 0.717) is 6.04 Å². The number of anilines is 1. The van der Waals surface area contributed by atoms with Crippen LogP contribution in [0, 0.1) is 5.92 Å². The second-order valence-corrected chi connectivity index (χ2v) is 5.52. The number of benzene rings is 1. The minimum Gasteiger partial charge on any atom is -0.326 e. The summed E-state index contributed by atoms with van der Waals surface area (Å²) in [6.45, 7) is 5.13. The third-order valence-electron chi connectivity index (χ3n) is 3.79. The van der Waals surface area contributed by atoms with E-state index in [1.165, 1.54) is 5.56 Å². The molecule has 0 saturated carbocycles. The molecule has 3 nitrogen and oxygen atoms in total. The normalized spacial score (nSPS) is 23.1. The fraction of sp³-hybridized carbons (Fsp3) is 0.562. The number of piperidine rings is 1. The van der Waals surface area contributed by atoms with Crippen LogP contribution in [-0.2, 0) is 11.2 Å². The lowest BCUT2D eigenvalue weighted by Gasteiger charge is -2.26. The average molecular weight is 260 g/mol. The molecule has 104 valence electrons. The SMILES string of the molecule is CCCc1ccc(NC(=O)C2CCC(C)NC2)cc1. The molecular weight excluding hydrogens is 236 g/mol. The second-order valence-electron chi connectivity index (χ2n) is 5.52. The van der Waals surface area contributed by atoms with Crippen molar-refractivity contribution >= 4 is 11.6 Å². The van der Waals surface area contributed by atoms with Gasteiger partial charge in [-0.2, -0.15) is 0 Å². The smallest absolute Gasteiger partial charge is 0.228 e. The molecule has 2 atom stereocenters. The van der Waals surface area contributed by atoms with Crippen LogP contribution in [0.2, 0.25) is 0 Å². The third-order valence-corrected chi connectivity index (χ3v) is 3.79. The van der Waals surface area contributed by atoms with Crippen LogP contribution >= 0.6 is 0 Å². The Hall–Kier alpha value is -1.35. The summed E-state index contributed by atoms with van der Waals surface area (Å²) in [6, 6.07) is 8.74. The Morgan fingerprint density at radius 2 is 2.05 bits per heavy atom. The van der Waals surface area contributed by atoms with Crippen molar-refractivity contribution in [3.8, 4) is 0 Å². The van der Waals surface area contributed by atoms with Crippen molar-refractivity contribution in [3.63, 3.8) is 0 Å². The topological polar surface area (TPSA) is 41.1 Å². The highest BCUT2D eigenvalue weighted by Gasteiger charge is 2.23. The number of aryl methyl sites for hydroxylation is 1. The van der Waals surface area contributed by atoms with Crippen LogP contribution in [0.4, 0.5) is 5.69 Å². The zero-order chi connectivity index (χ0) is 13.7. The largest absolute Gasteiger partial charge is 0.326 e. The number of carbonyl (C=O) groups excluding carboxylic acids is 1. The van der Waals surface area contributed by atoms with Crippen molar-refractivity contribution in [1.29, 1.82) is 0 Å². The first-order valence-electron chi connectivity index (χ1n) is 7.32. The van der Waals surface area contributed by atoms with Crippen molar-refractivity contribution in [1.82, 2.24) is 5.32 Å². The van der Waals surface area contributed by atoms with E-state index in [2.05, 4.69) is 36.6 Å². The van der Waals surface area contributed by atoms with Crippen molar-refractivity contribution in [2.45, 2.75) is 45.6 Å². The van der Waals surface area contributed by atoms with Gasteiger partial charge in [0.2, 0.25) is 5.91 Å². The molecule has 1 aromatic rings. The van der Waals surface area contributed by atoms with Crippen LogP contribution in [0.5, 0.6) is 0 Å². The fourth-order valence-corrected chi connectivity index (χ4v) is 2.51. The summed E-state index contributed by atoms with van der Waals surface area (Å²) in [4.78, 5) is 12.1. The summed E-state index contributed by atoms with van der Waals surface area (Å²) < 4.78 is 0. The van der Waals surface area contributed by atoms with Crippen LogP contribution in [0.15, 0.2) is 24.3 Å². The van der Waals surface area contributed by atoms with Gasteiger partial charge in [0.25, 0.3) is 0 Å². The van der Waals surface area contributed by atoms with Crippen molar-refractivity contribution in [3.05, 3.63) is 29.8 Å². The molecule has 19 heavy (non-hydrogen) atoms. The van der Waals surface area contributed by atoms with Crippen molar-refractivity contribution in [2.24, 2.45) is 5.92 Å². The first kappa shape index (κ1) is 14.1. The Morgan fingerprint density at radius 3 is 2.63 bits per heavy atom. The Kier molecular flexibility index (Phi) is 4.97. The third kappa shape index (κ3) is 4.06. The number of amides is 1. The molecule has 0 bridgehead atoms. The predicted octanol–water partition coefficient (Wildman–Crippen LogP) is 2.97. The number of hydrogen-bond donors (Lipinski definition) is 2. The molecule has 0 spiro atoms. The van der Waals surface area contributed by atoms with E-state index in [4.69, 9.17) is 0 Å². The molecule has 1 heterocycles. The first-order chi connectivity index (χ1) is 9.19. The Balaban J connectivity index is 1.88. The van der Waals surface area contributed by atoms with E-state index in [-0.39, 0.29) is 11.8 Å². The Labute approximate surface area is 115 Å². The van der Waals surface area contributed by atoms with Gasteiger partial charge >= 0.3 is 0 Å². The van der Waals surface area contributed by atoms with Crippen molar-refractivity contribution in [2.75, 3.05) is 11.9 Å². The molecule has 1 aliphatic rings. The van der Waals surface area contributed by atoms with E-state index in [9.17, 15) is 4.79 Å². The predicted molar refractivity (Wildman–Crippen MR) is 79.3 cm³/mol. The minimum atomic E-state index is 0.103. The van der Waals surface area contributed by atoms with Crippen LogP contribution in [0.25, 0.3) is 0 Å². The molecule has 1 aromatic carbocycles. The van der Waals surface area contributed by atoms with Gasteiger partial charge in [0.15, 0.2) is 0 Å². The zero-order valence-electron chi connectivity index (χ0n) is 11.9. The van der Waals surface area contributed by atoms with Gasteiger partial charge in [-0.15, -0.1) is 0 Å². The second kappa shape index (κ2) is 6.71. The highest BCUT2D eigenvalue weighted by molar-refractivity contribution is 5.92. The van der Waals surface area contributed by atoms with Crippen LogP contribution in [-0.4, -0.2) is 18.5 Å². The van der Waals surface area contributed by atoms with Crippen molar-refractivity contribution < 1.29 is 4.79 Å². The van der Waals surface area contributed by atoms with E-state index in [0.717, 1.165) is 37.9 Å². The van der Waals surface area contributed by atoms with E-state index in [1.54, 1.807) is 0 Å². The number of carbonyl (C=O) groups is 1. The molecule has 1 fully saturated rings. The molecule has 1 saturated heterocycles. The number of hydrogen-bond acceptors (Lipinski definition) is 2. The van der Waals surface area contributed by atoms with E-state index in [1.807, 2.05) is 12.1 Å². The molecule has 0 radical (unpaired) electrons. The molecule has 0 aliphatic carbocycles. The molecule has 2 N–H and O–H groups in total. The summed E-state index contributed by atoms with van der Waals surface area (Å²) >= 11 is 0. The number of rotatable bonds is 4. The quantitative estimate of drug-likeness (QED) is 0.874. The van der Waals surface area contributed by atoms with Crippen LogP contribution in [0.3, 0.4) is 0 Å². The Morgan fingerprint density at radius 1 is 1.32 bits per heavy atom. The lowest BCUT2D eigenvalue weighted by Crippen LogP contribution is -2.41. The summed E-state index contributed by atoms with van der Waals surface area (Å²) in [6.07, 6.45) is 4.30. The lowest BCUT2D eigenvalue weighted by molar-refractivity contribution is -0.120. The van der Waals surface area contributed by atoms with Gasteiger partial charge in [-0.05, 0) is 43.9 Å². The summed E-state index contributed by atoms with van der Waals surface area (Å²) in [7, 11) is 0. The Bertz CT molecular complexity index is 405. The summed E-state index contributed by atoms with van der Waals surface area (Å²) in [5.41, 5.74) is 2.23. The van der Waals surface area contributed by atoms with Gasteiger partial charge in [0, 0.05) is 18.3 Å². The van der Waals surface area contributed by atoms with E-state index >= 15 is 0 Å². The maximum atomic E-state index is 12.1. The van der Waals surface area contributed by atoms with Crippen LogP contribution < -0.4 is 10.6 Å². The fourth-order valence-electron chi connectivity index (χ4n) is 2.51. The molecule has 2 rings (SSSR count). The molecule has 1 aliphatic heterocycles. The molecule has 1 amide bonds. The summed E-state index contributed by atoms with van der Waals surface area (Å²) in [5, 5.41) is 6.38. The maximum absolute atomic E-state index is 12.1. The minimum absolute atomic E-state index is 0.103. The lowest BCUT2D eigenvalue weighted by atomic mass is 9.94. The maximum Gasteiger partial charge on any atom is 0.228 e. The standard InChI is InChI=1S/C16H24N2O/c1-3-4-13-6-9-15(10-7-13)18-16(19)14-8-5-12(2)17-11-14/h6-7,9-10,12,14,17H,3-5,8,11H2,1-2H3,(H,18,19). The monoisotopic (exact) mass is 260 g/mol. The highest BCUT2D eigenvalue weighted by atomic mass is 16.1. The van der Waals surface area contributed by atoms with Gasteiger partial charge in [-0.1, -0.05) is 25.5 Å². The zero-order valence-corrected chi connectivity index (χ0v) is 11.9. The van der Waals surface area contributed by atoms with Gasteiger partial charge < -0.3 is 10.6 Å². The van der Waals surface area contributed by atoms with Gasteiger partial charge in [-0.25, -0.2) is 0 Å². The van der Waals surface area contributed by atoms with Gasteiger partial charge in [-0.3, -0.25) is 4.79 Å².